The maximum absolute atomic E-state index is 10.7. The summed E-state index contributed by atoms with van der Waals surface area (Å²) in [4.78, 5) is 10.7. The number of aliphatic carboxylic acids is 1. The van der Waals surface area contributed by atoms with Gasteiger partial charge in [0.2, 0.25) is 0 Å². The molecule has 0 amide bonds. The molecule has 3 nitrogen and oxygen atoms in total. The van der Waals surface area contributed by atoms with Gasteiger partial charge in [0.1, 0.15) is 5.75 Å². The molecule has 0 spiro atoms. The van der Waals surface area contributed by atoms with Crippen molar-refractivity contribution in [3.8, 4) is 5.75 Å². The van der Waals surface area contributed by atoms with Crippen LogP contribution in [0.4, 0.5) is 0 Å². The molecule has 0 aliphatic carbocycles. The van der Waals surface area contributed by atoms with Crippen molar-refractivity contribution in [2.45, 2.75) is 12.5 Å². The van der Waals surface area contributed by atoms with Crippen molar-refractivity contribution in [3.63, 3.8) is 0 Å². The summed E-state index contributed by atoms with van der Waals surface area (Å²) >= 11 is 0. The monoisotopic (exact) mass is 192 g/mol. The summed E-state index contributed by atoms with van der Waals surface area (Å²) in [5.74, 6) is -0.421. The molecule has 1 aromatic carbocycles. The first-order valence-electron chi connectivity index (χ1n) is 4.29. The highest BCUT2D eigenvalue weighted by Gasteiger charge is 2.16. The normalized spacial score (nSPS) is 11.7. The minimum Gasteiger partial charge on any atom is -0.478 e. The molecular weight excluding hydrogens is 180 g/mol. The van der Waals surface area contributed by atoms with Crippen LogP contribution in [0.2, 0.25) is 0 Å². The van der Waals surface area contributed by atoms with Gasteiger partial charge >= 0.3 is 5.97 Å². The maximum Gasteiger partial charge on any atom is 0.345 e. The Labute approximate surface area is 82.6 Å². The van der Waals surface area contributed by atoms with Gasteiger partial charge in [0.25, 0.3) is 0 Å². The highest BCUT2D eigenvalue weighted by atomic mass is 16.5. The molecule has 0 fully saturated rings. The van der Waals surface area contributed by atoms with Gasteiger partial charge in [0, 0.05) is 6.42 Å². The smallest absolute Gasteiger partial charge is 0.345 e. The van der Waals surface area contributed by atoms with Crippen LogP contribution in [0.25, 0.3) is 0 Å². The van der Waals surface area contributed by atoms with Crippen LogP contribution >= 0.6 is 0 Å². The van der Waals surface area contributed by atoms with E-state index in [1.165, 1.54) is 6.08 Å². The van der Waals surface area contributed by atoms with Crippen molar-refractivity contribution in [3.05, 3.63) is 43.0 Å². The molecule has 0 aliphatic heterocycles. The summed E-state index contributed by atoms with van der Waals surface area (Å²) in [6, 6.07) is 8.87. The number of benzene rings is 1. The van der Waals surface area contributed by atoms with Crippen LogP contribution in [0.3, 0.4) is 0 Å². The van der Waals surface area contributed by atoms with E-state index in [1.807, 2.05) is 6.07 Å². The standard InChI is InChI=1S/C11H12O3/c1-2-6-10(11(12)13)14-9-7-4-3-5-8-9/h2-5,7-8,10H,1,6H2,(H,12,13). The second kappa shape index (κ2) is 5.07. The average Bonchev–Trinajstić information content (AvgIpc) is 2.18. The Morgan fingerprint density at radius 2 is 2.14 bits per heavy atom. The molecule has 1 unspecified atom stereocenters. The quantitative estimate of drug-likeness (QED) is 0.726. The lowest BCUT2D eigenvalue weighted by atomic mass is 10.2. The average molecular weight is 192 g/mol. The fourth-order valence-electron chi connectivity index (χ4n) is 1.01. The van der Waals surface area contributed by atoms with Crippen molar-refractivity contribution in [1.29, 1.82) is 0 Å². The van der Waals surface area contributed by atoms with Gasteiger partial charge < -0.3 is 9.84 Å². The van der Waals surface area contributed by atoms with Crippen LogP contribution in [-0.4, -0.2) is 17.2 Å². The molecule has 0 bridgehead atoms. The van der Waals surface area contributed by atoms with Crippen LogP contribution < -0.4 is 4.74 Å². The number of hydrogen-bond donors (Lipinski definition) is 1. The van der Waals surface area contributed by atoms with Gasteiger partial charge in [-0.1, -0.05) is 24.3 Å². The Hall–Kier alpha value is -1.77. The van der Waals surface area contributed by atoms with Gasteiger partial charge in [-0.3, -0.25) is 0 Å². The molecule has 14 heavy (non-hydrogen) atoms. The Bertz CT molecular complexity index is 306. The fourth-order valence-corrected chi connectivity index (χ4v) is 1.01. The zero-order valence-corrected chi connectivity index (χ0v) is 7.72. The first-order chi connectivity index (χ1) is 6.74. The van der Waals surface area contributed by atoms with E-state index in [0.717, 1.165) is 0 Å². The minimum atomic E-state index is -0.978. The summed E-state index contributed by atoms with van der Waals surface area (Å²) in [7, 11) is 0. The first kappa shape index (κ1) is 10.3. The van der Waals surface area contributed by atoms with E-state index < -0.39 is 12.1 Å². The number of carbonyl (C=O) groups is 1. The summed E-state index contributed by atoms with van der Waals surface area (Å²) in [6.07, 6.45) is 0.973. The molecule has 0 aliphatic rings. The predicted octanol–water partition coefficient (Wildman–Crippen LogP) is 2.09. The van der Waals surface area contributed by atoms with Crippen LogP contribution in [0.1, 0.15) is 6.42 Å². The van der Waals surface area contributed by atoms with Gasteiger partial charge in [0.05, 0.1) is 0 Å². The van der Waals surface area contributed by atoms with E-state index in [-0.39, 0.29) is 0 Å². The Morgan fingerprint density at radius 3 is 2.64 bits per heavy atom. The molecule has 0 aromatic heterocycles. The summed E-state index contributed by atoms with van der Waals surface area (Å²) < 4.78 is 5.25. The van der Waals surface area contributed by atoms with Crippen LogP contribution in [0, 0.1) is 0 Å². The van der Waals surface area contributed by atoms with E-state index in [0.29, 0.717) is 12.2 Å². The zero-order chi connectivity index (χ0) is 10.4. The van der Waals surface area contributed by atoms with Crippen molar-refractivity contribution >= 4 is 5.97 Å². The summed E-state index contributed by atoms with van der Waals surface area (Å²) in [5, 5.41) is 8.79. The zero-order valence-electron chi connectivity index (χ0n) is 7.72. The molecule has 1 N–H and O–H groups in total. The van der Waals surface area contributed by atoms with Crippen LogP contribution in [0.5, 0.6) is 5.75 Å². The maximum atomic E-state index is 10.7. The predicted molar refractivity (Wildman–Crippen MR) is 53.3 cm³/mol. The molecule has 74 valence electrons. The lowest BCUT2D eigenvalue weighted by molar-refractivity contribution is -0.144. The minimum absolute atomic E-state index is 0.296. The Morgan fingerprint density at radius 1 is 1.50 bits per heavy atom. The Kier molecular flexibility index (Phi) is 3.73. The lowest BCUT2D eigenvalue weighted by Gasteiger charge is -2.12. The second-order valence-electron chi connectivity index (χ2n) is 2.78. The SMILES string of the molecule is C=CCC(Oc1ccccc1)C(=O)O. The van der Waals surface area contributed by atoms with Crippen LogP contribution in [0.15, 0.2) is 43.0 Å². The molecule has 1 aromatic rings. The topological polar surface area (TPSA) is 46.5 Å². The molecule has 3 heteroatoms. The van der Waals surface area contributed by atoms with E-state index in [2.05, 4.69) is 6.58 Å². The number of hydrogen-bond acceptors (Lipinski definition) is 2. The van der Waals surface area contributed by atoms with Crippen molar-refractivity contribution in [2.75, 3.05) is 0 Å². The third-order valence-corrected chi connectivity index (χ3v) is 1.68. The van der Waals surface area contributed by atoms with Crippen molar-refractivity contribution in [2.24, 2.45) is 0 Å². The van der Waals surface area contributed by atoms with Gasteiger partial charge in [-0.2, -0.15) is 0 Å². The Balaban J connectivity index is 2.64. The molecule has 0 radical (unpaired) electrons. The second-order valence-corrected chi connectivity index (χ2v) is 2.78. The van der Waals surface area contributed by atoms with Gasteiger partial charge in [0.15, 0.2) is 6.10 Å². The van der Waals surface area contributed by atoms with Crippen molar-refractivity contribution in [1.82, 2.24) is 0 Å². The molecule has 1 rings (SSSR count). The molecule has 0 heterocycles. The first-order valence-corrected chi connectivity index (χ1v) is 4.29. The number of carboxylic acid groups (broad SMARTS) is 1. The largest absolute Gasteiger partial charge is 0.478 e. The third kappa shape index (κ3) is 2.94. The van der Waals surface area contributed by atoms with E-state index >= 15 is 0 Å². The summed E-state index contributed by atoms with van der Waals surface area (Å²) in [6.45, 7) is 3.48. The van der Waals surface area contributed by atoms with Crippen molar-refractivity contribution < 1.29 is 14.6 Å². The van der Waals surface area contributed by atoms with E-state index in [9.17, 15) is 4.79 Å². The van der Waals surface area contributed by atoms with Gasteiger partial charge in [-0.15, -0.1) is 6.58 Å². The van der Waals surface area contributed by atoms with Crippen LogP contribution in [-0.2, 0) is 4.79 Å². The third-order valence-electron chi connectivity index (χ3n) is 1.68. The van der Waals surface area contributed by atoms with Gasteiger partial charge in [-0.25, -0.2) is 4.79 Å². The van der Waals surface area contributed by atoms with E-state index in [1.54, 1.807) is 24.3 Å². The number of carboxylic acids is 1. The molecule has 1 atom stereocenters. The lowest BCUT2D eigenvalue weighted by Crippen LogP contribution is -2.26. The highest BCUT2D eigenvalue weighted by Crippen LogP contribution is 2.12. The molecule has 0 saturated heterocycles. The molecule has 0 saturated carbocycles. The van der Waals surface area contributed by atoms with Gasteiger partial charge in [-0.05, 0) is 12.1 Å². The summed E-state index contributed by atoms with van der Waals surface area (Å²) in [5.41, 5.74) is 0. The number of rotatable bonds is 5. The van der Waals surface area contributed by atoms with E-state index in [4.69, 9.17) is 9.84 Å². The number of ether oxygens (including phenoxy) is 1. The highest BCUT2D eigenvalue weighted by molar-refractivity contribution is 5.73. The molecular formula is C11H12O3. The number of para-hydroxylation sites is 1. The fraction of sp³-hybridized carbons (Fsp3) is 0.182.